The van der Waals surface area contributed by atoms with E-state index in [2.05, 4.69) is 64.4 Å². The van der Waals surface area contributed by atoms with E-state index in [0.717, 1.165) is 53.1 Å². The summed E-state index contributed by atoms with van der Waals surface area (Å²) in [6.45, 7) is 2.14. The first kappa shape index (κ1) is 19.3. The van der Waals surface area contributed by atoms with Gasteiger partial charge < -0.3 is 9.64 Å². The molecule has 1 atom stereocenters. The molecule has 0 bridgehead atoms. The standard InChI is InChI=1S/C24H24N4OS/c1-28-11-9-20(10-12-28)29-23(24-27-21-7-2-3-8-22(21)30-24)18-6-4-5-17(13-18)19-14-25-16-26-15-19/h2-8,13-16,20,23H,9-12H2,1H3. The Morgan fingerprint density at radius 1 is 1.00 bits per heavy atom. The fraction of sp³-hybridized carbons (Fsp3) is 0.292. The lowest BCUT2D eigenvalue weighted by Gasteiger charge is -2.31. The molecule has 1 aliphatic rings. The van der Waals surface area contributed by atoms with Crippen molar-refractivity contribution in [2.45, 2.75) is 25.0 Å². The average Bonchev–Trinajstić information content (AvgIpc) is 3.23. The molecule has 1 aliphatic heterocycles. The van der Waals surface area contributed by atoms with E-state index in [-0.39, 0.29) is 12.2 Å². The van der Waals surface area contributed by atoms with Crippen molar-refractivity contribution in [3.05, 3.63) is 77.8 Å². The van der Waals surface area contributed by atoms with Crippen LogP contribution in [0.5, 0.6) is 0 Å². The SMILES string of the molecule is CN1CCC(OC(c2cccc(-c3cncnc3)c2)c2nc3ccccc3s2)CC1. The molecule has 2 aromatic carbocycles. The van der Waals surface area contributed by atoms with Gasteiger partial charge in [0.15, 0.2) is 0 Å². The number of hydrogen-bond acceptors (Lipinski definition) is 6. The van der Waals surface area contributed by atoms with Crippen molar-refractivity contribution >= 4 is 21.6 Å². The summed E-state index contributed by atoms with van der Waals surface area (Å²) in [4.78, 5) is 15.6. The highest BCUT2D eigenvalue weighted by Crippen LogP contribution is 2.36. The van der Waals surface area contributed by atoms with Gasteiger partial charge in [-0.1, -0.05) is 30.3 Å². The van der Waals surface area contributed by atoms with Crippen LogP contribution < -0.4 is 0 Å². The molecule has 152 valence electrons. The largest absolute Gasteiger partial charge is 0.363 e. The quantitative estimate of drug-likeness (QED) is 0.461. The van der Waals surface area contributed by atoms with Gasteiger partial charge in [0.2, 0.25) is 0 Å². The van der Waals surface area contributed by atoms with Gasteiger partial charge in [0.25, 0.3) is 0 Å². The molecule has 30 heavy (non-hydrogen) atoms. The van der Waals surface area contributed by atoms with E-state index in [1.54, 1.807) is 17.7 Å². The third-order valence-corrected chi connectivity index (χ3v) is 6.69. The minimum Gasteiger partial charge on any atom is -0.363 e. The van der Waals surface area contributed by atoms with E-state index in [0.29, 0.717) is 0 Å². The molecule has 0 radical (unpaired) electrons. The summed E-state index contributed by atoms with van der Waals surface area (Å²) in [7, 11) is 2.17. The number of fused-ring (bicyclic) bond motifs is 1. The van der Waals surface area contributed by atoms with Gasteiger partial charge in [-0.05, 0) is 49.2 Å². The monoisotopic (exact) mass is 416 g/mol. The molecular weight excluding hydrogens is 392 g/mol. The van der Waals surface area contributed by atoms with E-state index in [1.165, 1.54) is 4.70 Å². The second-order valence-electron chi connectivity index (χ2n) is 7.79. The number of benzene rings is 2. The van der Waals surface area contributed by atoms with Crippen molar-refractivity contribution in [1.29, 1.82) is 0 Å². The van der Waals surface area contributed by atoms with Gasteiger partial charge in [0.1, 0.15) is 17.4 Å². The minimum absolute atomic E-state index is 0.180. The Balaban J connectivity index is 1.52. The highest BCUT2D eigenvalue weighted by Gasteiger charge is 2.26. The average molecular weight is 417 g/mol. The molecule has 0 saturated carbocycles. The number of para-hydroxylation sites is 1. The molecule has 1 fully saturated rings. The van der Waals surface area contributed by atoms with Gasteiger partial charge in [-0.2, -0.15) is 0 Å². The summed E-state index contributed by atoms with van der Waals surface area (Å²) < 4.78 is 7.91. The number of piperidine rings is 1. The van der Waals surface area contributed by atoms with Crippen LogP contribution in [-0.2, 0) is 4.74 Å². The van der Waals surface area contributed by atoms with Crippen molar-refractivity contribution in [2.24, 2.45) is 0 Å². The molecule has 0 N–H and O–H groups in total. The topological polar surface area (TPSA) is 51.1 Å². The molecule has 5 nitrogen and oxygen atoms in total. The summed E-state index contributed by atoms with van der Waals surface area (Å²) >= 11 is 1.72. The Morgan fingerprint density at radius 3 is 2.60 bits per heavy atom. The predicted octanol–water partition coefficient (Wildman–Crippen LogP) is 4.95. The smallest absolute Gasteiger partial charge is 0.134 e. The van der Waals surface area contributed by atoms with E-state index < -0.39 is 0 Å². The van der Waals surface area contributed by atoms with Gasteiger partial charge in [-0.25, -0.2) is 15.0 Å². The summed E-state index contributed by atoms with van der Waals surface area (Å²) in [5.74, 6) is 0. The van der Waals surface area contributed by atoms with Crippen LogP contribution in [-0.4, -0.2) is 46.1 Å². The lowest BCUT2D eigenvalue weighted by Crippen LogP contribution is -2.35. The molecule has 0 aliphatic carbocycles. The molecule has 1 saturated heterocycles. The first-order chi connectivity index (χ1) is 14.8. The lowest BCUT2D eigenvalue weighted by molar-refractivity contribution is -0.0234. The third-order valence-electron chi connectivity index (χ3n) is 5.61. The second kappa shape index (κ2) is 8.60. The van der Waals surface area contributed by atoms with E-state index in [9.17, 15) is 0 Å². The van der Waals surface area contributed by atoms with E-state index in [1.807, 2.05) is 18.5 Å². The van der Waals surface area contributed by atoms with Crippen LogP contribution in [0.1, 0.15) is 29.5 Å². The zero-order valence-electron chi connectivity index (χ0n) is 16.9. The van der Waals surface area contributed by atoms with E-state index >= 15 is 0 Å². The van der Waals surface area contributed by atoms with Crippen LogP contribution in [0.2, 0.25) is 0 Å². The first-order valence-electron chi connectivity index (χ1n) is 10.3. The molecule has 3 heterocycles. The van der Waals surface area contributed by atoms with Crippen LogP contribution in [0.25, 0.3) is 21.3 Å². The number of likely N-dealkylation sites (tertiary alicyclic amines) is 1. The molecule has 0 amide bonds. The minimum atomic E-state index is -0.180. The number of hydrogen-bond donors (Lipinski definition) is 0. The van der Waals surface area contributed by atoms with Crippen molar-refractivity contribution in [3.63, 3.8) is 0 Å². The Hall–Kier alpha value is -2.67. The zero-order valence-corrected chi connectivity index (χ0v) is 17.8. The number of ether oxygens (including phenoxy) is 1. The highest BCUT2D eigenvalue weighted by atomic mass is 32.1. The molecule has 6 heteroatoms. The Labute approximate surface area is 180 Å². The second-order valence-corrected chi connectivity index (χ2v) is 8.85. The van der Waals surface area contributed by atoms with Crippen molar-refractivity contribution in [3.8, 4) is 11.1 Å². The number of thiazole rings is 1. The maximum absolute atomic E-state index is 6.72. The number of nitrogens with zero attached hydrogens (tertiary/aromatic N) is 4. The molecule has 5 rings (SSSR count). The molecule has 4 aromatic rings. The molecule has 2 aromatic heterocycles. The van der Waals surface area contributed by atoms with Crippen LogP contribution in [0, 0.1) is 0 Å². The molecule has 0 spiro atoms. The molecule has 1 unspecified atom stereocenters. The summed E-state index contributed by atoms with van der Waals surface area (Å²) in [5.41, 5.74) is 4.24. The summed E-state index contributed by atoms with van der Waals surface area (Å²) in [6, 6.07) is 16.8. The van der Waals surface area contributed by atoms with Gasteiger partial charge in [-0.15, -0.1) is 11.3 Å². The highest BCUT2D eigenvalue weighted by molar-refractivity contribution is 7.18. The van der Waals surface area contributed by atoms with Gasteiger partial charge >= 0.3 is 0 Å². The Kier molecular flexibility index (Phi) is 5.53. The van der Waals surface area contributed by atoms with Gasteiger partial charge in [0.05, 0.1) is 16.3 Å². The van der Waals surface area contributed by atoms with Crippen molar-refractivity contribution in [1.82, 2.24) is 19.9 Å². The van der Waals surface area contributed by atoms with Crippen molar-refractivity contribution in [2.75, 3.05) is 20.1 Å². The van der Waals surface area contributed by atoms with Crippen LogP contribution in [0.3, 0.4) is 0 Å². The lowest BCUT2D eigenvalue weighted by atomic mass is 10.0. The number of aromatic nitrogens is 3. The number of rotatable bonds is 5. The Bertz CT molecular complexity index is 1090. The molecular formula is C24H24N4OS. The fourth-order valence-electron chi connectivity index (χ4n) is 3.92. The first-order valence-corrected chi connectivity index (χ1v) is 11.1. The predicted molar refractivity (Wildman–Crippen MR) is 121 cm³/mol. The maximum Gasteiger partial charge on any atom is 0.134 e. The van der Waals surface area contributed by atoms with Gasteiger partial charge in [0, 0.05) is 31.0 Å². The third kappa shape index (κ3) is 4.12. The summed E-state index contributed by atoms with van der Waals surface area (Å²) in [6.07, 6.45) is 7.39. The van der Waals surface area contributed by atoms with Crippen molar-refractivity contribution < 1.29 is 4.74 Å². The Morgan fingerprint density at radius 2 is 1.80 bits per heavy atom. The van der Waals surface area contributed by atoms with Gasteiger partial charge in [-0.3, -0.25) is 0 Å². The van der Waals surface area contributed by atoms with Crippen LogP contribution in [0.15, 0.2) is 67.3 Å². The van der Waals surface area contributed by atoms with E-state index in [4.69, 9.17) is 9.72 Å². The normalized spacial score (nSPS) is 16.7. The summed E-state index contributed by atoms with van der Waals surface area (Å²) in [5, 5.41) is 1.01. The van der Waals surface area contributed by atoms with Crippen LogP contribution >= 0.6 is 11.3 Å². The van der Waals surface area contributed by atoms with Crippen LogP contribution in [0.4, 0.5) is 0 Å². The zero-order chi connectivity index (χ0) is 20.3. The fourth-order valence-corrected chi connectivity index (χ4v) is 4.96. The maximum atomic E-state index is 6.72.